The Labute approximate surface area is 156 Å². The van der Waals surface area contributed by atoms with Gasteiger partial charge in [0.05, 0.1) is 17.6 Å². The first kappa shape index (κ1) is 16.9. The van der Waals surface area contributed by atoms with Crippen LogP contribution in [0.15, 0.2) is 59.3 Å². The fourth-order valence-corrected chi connectivity index (χ4v) is 2.45. The largest absolute Gasteiger partial charge is 0.328 e. The Morgan fingerprint density at radius 3 is 2.85 bits per heavy atom. The number of carbonyl (C=O) groups is 1. The number of anilines is 1. The summed E-state index contributed by atoms with van der Waals surface area (Å²) in [4.78, 5) is 16.1. The second kappa shape index (κ2) is 6.96. The molecule has 0 atom stereocenters. The molecule has 2 heterocycles. The monoisotopic (exact) mass is 384 g/mol. The van der Waals surface area contributed by atoms with Crippen molar-refractivity contribution in [2.75, 3.05) is 5.32 Å². The van der Waals surface area contributed by atoms with E-state index >= 15 is 0 Å². The van der Waals surface area contributed by atoms with Crippen molar-refractivity contribution in [3.8, 4) is 17.2 Å². The molecule has 0 aliphatic heterocycles. The molecule has 27 heavy (non-hydrogen) atoms. The Morgan fingerprint density at radius 2 is 2.04 bits per heavy atom. The van der Waals surface area contributed by atoms with E-state index in [-0.39, 0.29) is 17.4 Å². The third-order valence-corrected chi connectivity index (χ3v) is 3.77. The number of nitrogens with one attached hydrogen (secondary N) is 1. The smallest absolute Gasteiger partial charge is 0.316 e. The van der Waals surface area contributed by atoms with Crippen molar-refractivity contribution < 1.29 is 13.7 Å². The highest BCUT2D eigenvalue weighted by atomic mass is 35.5. The van der Waals surface area contributed by atoms with Crippen molar-refractivity contribution in [3.63, 3.8) is 0 Å². The lowest BCUT2D eigenvalue weighted by Gasteiger charge is -2.02. The maximum absolute atomic E-state index is 13.6. The van der Waals surface area contributed by atoms with Gasteiger partial charge in [-0.15, -0.1) is 5.10 Å². The Balaban J connectivity index is 1.54. The molecule has 0 radical (unpaired) electrons. The summed E-state index contributed by atoms with van der Waals surface area (Å²) < 4.78 is 20.0. The van der Waals surface area contributed by atoms with E-state index in [1.807, 2.05) is 0 Å². The quantitative estimate of drug-likeness (QED) is 0.579. The van der Waals surface area contributed by atoms with Crippen molar-refractivity contribution in [1.29, 1.82) is 0 Å². The van der Waals surface area contributed by atoms with Crippen molar-refractivity contribution in [2.45, 2.75) is 0 Å². The van der Waals surface area contributed by atoms with Gasteiger partial charge in [0.25, 0.3) is 0 Å². The van der Waals surface area contributed by atoms with Gasteiger partial charge in [0, 0.05) is 5.02 Å². The molecule has 10 heteroatoms. The number of para-hydroxylation sites is 1. The van der Waals surface area contributed by atoms with Gasteiger partial charge in [-0.2, -0.15) is 4.98 Å². The highest BCUT2D eigenvalue weighted by molar-refractivity contribution is 6.30. The molecule has 2 aromatic carbocycles. The number of hydrogen-bond acceptors (Lipinski definition) is 6. The molecule has 1 N–H and O–H groups in total. The number of halogens is 2. The molecule has 0 bridgehead atoms. The Kier molecular flexibility index (Phi) is 4.35. The van der Waals surface area contributed by atoms with E-state index in [0.29, 0.717) is 16.4 Å². The zero-order valence-corrected chi connectivity index (χ0v) is 14.3. The first-order valence-corrected chi connectivity index (χ1v) is 8.06. The van der Waals surface area contributed by atoms with Gasteiger partial charge < -0.3 is 9.84 Å². The van der Waals surface area contributed by atoms with E-state index in [0.717, 1.165) is 0 Å². The van der Waals surface area contributed by atoms with Gasteiger partial charge in [0.2, 0.25) is 5.82 Å². The minimum Gasteiger partial charge on any atom is -0.328 e. The molecule has 0 fully saturated rings. The minimum atomic E-state index is -0.735. The molecule has 134 valence electrons. The van der Waals surface area contributed by atoms with Crippen molar-refractivity contribution in [2.24, 2.45) is 0 Å². The minimum absolute atomic E-state index is 0.00847. The summed E-state index contributed by atoms with van der Waals surface area (Å²) in [5, 5.41) is 14.6. The number of nitrogens with zero attached hydrogens (tertiary/aromatic N) is 5. The highest BCUT2D eigenvalue weighted by Crippen LogP contribution is 2.18. The summed E-state index contributed by atoms with van der Waals surface area (Å²) >= 11 is 5.96. The average molecular weight is 385 g/mol. The normalized spacial score (nSPS) is 10.7. The molecule has 0 spiro atoms. The zero-order valence-electron chi connectivity index (χ0n) is 13.5. The first-order valence-electron chi connectivity index (χ1n) is 7.68. The Bertz CT molecular complexity index is 1130. The molecule has 4 rings (SSSR count). The van der Waals surface area contributed by atoms with Crippen LogP contribution in [-0.2, 0) is 0 Å². The topological polar surface area (TPSA) is 98.7 Å². The predicted octanol–water partition coefficient (Wildman–Crippen LogP) is 3.36. The van der Waals surface area contributed by atoms with Crippen LogP contribution in [0.2, 0.25) is 5.02 Å². The second-order valence-electron chi connectivity index (χ2n) is 5.39. The molecule has 1 amide bonds. The van der Waals surface area contributed by atoms with E-state index in [1.54, 1.807) is 36.5 Å². The van der Waals surface area contributed by atoms with E-state index in [4.69, 9.17) is 16.1 Å². The Morgan fingerprint density at radius 1 is 1.19 bits per heavy atom. The Hall–Kier alpha value is -3.59. The predicted molar refractivity (Wildman–Crippen MR) is 94.0 cm³/mol. The second-order valence-corrected chi connectivity index (χ2v) is 5.82. The summed E-state index contributed by atoms with van der Waals surface area (Å²) in [7, 11) is 0. The summed E-state index contributed by atoms with van der Waals surface area (Å²) in [6, 6.07) is 12.8. The molecule has 0 saturated heterocycles. The number of benzene rings is 2. The van der Waals surface area contributed by atoms with Crippen molar-refractivity contribution >= 4 is 23.2 Å². The van der Waals surface area contributed by atoms with Crippen LogP contribution in [0.3, 0.4) is 0 Å². The lowest BCUT2D eigenvalue weighted by atomic mass is 10.3. The molecule has 4 aromatic rings. The molecular weight excluding hydrogens is 375 g/mol. The molecule has 0 aliphatic rings. The summed E-state index contributed by atoms with van der Waals surface area (Å²) in [6.07, 6.45) is 1.56. The summed E-state index contributed by atoms with van der Waals surface area (Å²) in [5.74, 6) is -1.57. The van der Waals surface area contributed by atoms with Crippen molar-refractivity contribution in [1.82, 2.24) is 25.1 Å². The standard InChI is InChI=1S/C17H10ClFN6O2/c18-10-4-3-5-11(8-10)25-9-14(22-24-25)15-21-17(27-23-15)16(26)20-13-7-2-1-6-12(13)19/h1-9H,(H,20,26). The van der Waals surface area contributed by atoms with E-state index in [2.05, 4.69) is 25.8 Å². The van der Waals surface area contributed by atoms with E-state index in [9.17, 15) is 9.18 Å². The fraction of sp³-hybridized carbons (Fsp3) is 0. The molecular formula is C17H10ClFN6O2. The van der Waals surface area contributed by atoms with Crippen LogP contribution in [0.4, 0.5) is 10.1 Å². The van der Waals surface area contributed by atoms with Crippen LogP contribution in [0.1, 0.15) is 10.7 Å². The third-order valence-electron chi connectivity index (χ3n) is 3.54. The zero-order chi connectivity index (χ0) is 18.8. The molecule has 8 nitrogen and oxygen atoms in total. The van der Waals surface area contributed by atoms with Crippen LogP contribution >= 0.6 is 11.6 Å². The lowest BCUT2D eigenvalue weighted by Crippen LogP contribution is -2.13. The van der Waals surface area contributed by atoms with Gasteiger partial charge in [0.15, 0.2) is 5.69 Å². The summed E-state index contributed by atoms with van der Waals surface area (Å²) in [6.45, 7) is 0. The van der Waals surface area contributed by atoms with E-state index in [1.165, 1.54) is 22.9 Å². The van der Waals surface area contributed by atoms with Crippen molar-refractivity contribution in [3.05, 3.63) is 71.5 Å². The number of carbonyl (C=O) groups excluding carboxylic acids is 1. The molecule has 2 aromatic heterocycles. The SMILES string of the molecule is O=C(Nc1ccccc1F)c1nc(-c2cn(-c3cccc(Cl)c3)nn2)no1. The van der Waals surface area contributed by atoms with Gasteiger partial charge in [-0.1, -0.05) is 40.2 Å². The van der Waals surface area contributed by atoms with E-state index < -0.39 is 11.7 Å². The molecule has 0 aliphatic carbocycles. The number of hydrogen-bond donors (Lipinski definition) is 1. The average Bonchev–Trinajstić information content (AvgIpc) is 3.33. The first-order chi connectivity index (χ1) is 13.1. The summed E-state index contributed by atoms with van der Waals surface area (Å²) in [5.41, 5.74) is 1.00. The van der Waals surface area contributed by atoms with Crippen LogP contribution in [0.25, 0.3) is 17.2 Å². The maximum Gasteiger partial charge on any atom is 0.316 e. The lowest BCUT2D eigenvalue weighted by molar-refractivity contribution is 0.0981. The number of rotatable bonds is 4. The van der Waals surface area contributed by atoms with Crippen LogP contribution in [0.5, 0.6) is 0 Å². The highest BCUT2D eigenvalue weighted by Gasteiger charge is 2.19. The van der Waals surface area contributed by atoms with Gasteiger partial charge in [0.1, 0.15) is 5.82 Å². The van der Waals surface area contributed by atoms with Crippen LogP contribution < -0.4 is 5.32 Å². The number of aromatic nitrogens is 5. The fourth-order valence-electron chi connectivity index (χ4n) is 2.27. The number of amides is 1. The molecule has 0 unspecified atom stereocenters. The molecule has 0 saturated carbocycles. The maximum atomic E-state index is 13.6. The third kappa shape index (κ3) is 3.53. The van der Waals surface area contributed by atoms with Gasteiger partial charge in [-0.05, 0) is 30.3 Å². The van der Waals surface area contributed by atoms with Gasteiger partial charge in [-0.3, -0.25) is 4.79 Å². The van der Waals surface area contributed by atoms with Crippen LogP contribution in [0, 0.1) is 5.82 Å². The van der Waals surface area contributed by atoms with Crippen LogP contribution in [-0.4, -0.2) is 31.0 Å². The van der Waals surface area contributed by atoms with Gasteiger partial charge in [-0.25, -0.2) is 9.07 Å². The van der Waals surface area contributed by atoms with Gasteiger partial charge >= 0.3 is 11.8 Å².